The van der Waals surface area contributed by atoms with Crippen LogP contribution < -0.4 is 5.32 Å². The van der Waals surface area contributed by atoms with Gasteiger partial charge in [0.05, 0.1) is 18.8 Å². The third-order valence-corrected chi connectivity index (χ3v) is 14.4. The molecule has 0 saturated carbocycles. The Bertz CT molecular complexity index is 1210. The van der Waals surface area contributed by atoms with Gasteiger partial charge < -0.3 is 15.5 Å². The molecule has 0 aliphatic heterocycles. The lowest BCUT2D eigenvalue weighted by atomic mass is 10.0. The van der Waals surface area contributed by atoms with Crippen molar-refractivity contribution in [3.8, 4) is 0 Å². The van der Waals surface area contributed by atoms with Crippen molar-refractivity contribution in [2.75, 3.05) is 6.61 Å². The first-order valence-electron chi connectivity index (χ1n) is 31.7. The van der Waals surface area contributed by atoms with Crippen LogP contribution in [-0.4, -0.2) is 34.9 Å². The van der Waals surface area contributed by atoms with Crippen LogP contribution in [0.15, 0.2) is 72.9 Å². The van der Waals surface area contributed by atoms with Gasteiger partial charge in [0, 0.05) is 6.42 Å². The van der Waals surface area contributed by atoms with Crippen molar-refractivity contribution in [2.45, 2.75) is 341 Å². The maximum absolute atomic E-state index is 12.5. The van der Waals surface area contributed by atoms with Crippen molar-refractivity contribution in [3.63, 3.8) is 0 Å². The molecular formula is C67H123NO3. The van der Waals surface area contributed by atoms with E-state index in [4.69, 9.17) is 0 Å². The molecule has 0 spiro atoms. The number of aliphatic hydroxyl groups excluding tert-OH is 2. The minimum atomic E-state index is -0.862. The van der Waals surface area contributed by atoms with Crippen molar-refractivity contribution in [2.24, 2.45) is 0 Å². The Hall–Kier alpha value is -2.17. The minimum Gasteiger partial charge on any atom is -0.394 e. The third kappa shape index (κ3) is 58.6. The highest BCUT2D eigenvalue weighted by Gasteiger charge is 2.18. The summed E-state index contributed by atoms with van der Waals surface area (Å²) in [5, 5.41) is 23.2. The molecule has 0 bridgehead atoms. The van der Waals surface area contributed by atoms with Gasteiger partial charge in [-0.1, -0.05) is 324 Å². The van der Waals surface area contributed by atoms with Gasteiger partial charge in [-0.15, -0.1) is 0 Å². The van der Waals surface area contributed by atoms with Gasteiger partial charge in [0.2, 0.25) is 5.91 Å². The largest absolute Gasteiger partial charge is 0.394 e. The summed E-state index contributed by atoms with van der Waals surface area (Å²) in [4.78, 5) is 12.5. The van der Waals surface area contributed by atoms with Crippen LogP contribution in [0.1, 0.15) is 328 Å². The van der Waals surface area contributed by atoms with Gasteiger partial charge in [-0.2, -0.15) is 0 Å². The van der Waals surface area contributed by atoms with Crippen LogP contribution >= 0.6 is 0 Å². The second kappa shape index (κ2) is 62.1. The number of hydrogen-bond donors (Lipinski definition) is 3. The fraction of sp³-hybridized carbons (Fsp3) is 0.806. The molecule has 0 fully saturated rings. The summed E-state index contributed by atoms with van der Waals surface area (Å²) < 4.78 is 0. The van der Waals surface area contributed by atoms with Gasteiger partial charge in [-0.25, -0.2) is 0 Å². The maximum Gasteiger partial charge on any atom is 0.220 e. The van der Waals surface area contributed by atoms with E-state index >= 15 is 0 Å². The van der Waals surface area contributed by atoms with E-state index in [1.165, 1.54) is 250 Å². The molecule has 414 valence electrons. The number of allylic oxidation sites excluding steroid dienone is 11. The molecule has 0 aliphatic carbocycles. The van der Waals surface area contributed by atoms with Crippen LogP contribution in [0.3, 0.4) is 0 Å². The zero-order valence-corrected chi connectivity index (χ0v) is 47.7. The molecule has 0 aromatic heterocycles. The molecule has 0 aromatic carbocycles. The molecule has 0 saturated heterocycles. The van der Waals surface area contributed by atoms with E-state index in [0.29, 0.717) is 6.42 Å². The van der Waals surface area contributed by atoms with Crippen molar-refractivity contribution in [1.29, 1.82) is 0 Å². The Morgan fingerprint density at radius 3 is 0.986 bits per heavy atom. The highest BCUT2D eigenvalue weighted by atomic mass is 16.3. The third-order valence-electron chi connectivity index (χ3n) is 14.4. The zero-order chi connectivity index (χ0) is 51.3. The number of nitrogens with one attached hydrogen (secondary N) is 1. The van der Waals surface area contributed by atoms with Crippen molar-refractivity contribution >= 4 is 5.91 Å². The number of carbonyl (C=O) groups excluding carboxylic acids is 1. The van der Waals surface area contributed by atoms with E-state index < -0.39 is 12.1 Å². The Morgan fingerprint density at radius 1 is 0.352 bits per heavy atom. The highest BCUT2D eigenvalue weighted by Crippen LogP contribution is 2.18. The first-order chi connectivity index (χ1) is 35.2. The number of unbranched alkanes of at least 4 members (excludes halogenated alkanes) is 41. The fourth-order valence-electron chi connectivity index (χ4n) is 9.66. The summed E-state index contributed by atoms with van der Waals surface area (Å²) in [5.74, 6) is -0.0687. The number of rotatable bonds is 58. The summed E-state index contributed by atoms with van der Waals surface area (Å²) in [6.07, 6.45) is 89.7. The first kappa shape index (κ1) is 68.8. The summed E-state index contributed by atoms with van der Waals surface area (Å²) in [7, 11) is 0. The van der Waals surface area contributed by atoms with Gasteiger partial charge in [0.1, 0.15) is 0 Å². The molecule has 71 heavy (non-hydrogen) atoms. The van der Waals surface area contributed by atoms with Crippen LogP contribution in [0.5, 0.6) is 0 Å². The summed E-state index contributed by atoms with van der Waals surface area (Å²) in [5.41, 5.74) is 0. The number of carbonyl (C=O) groups is 1. The van der Waals surface area contributed by atoms with E-state index in [9.17, 15) is 15.0 Å². The molecule has 0 aromatic rings. The average Bonchev–Trinajstić information content (AvgIpc) is 3.37. The van der Waals surface area contributed by atoms with Crippen LogP contribution in [-0.2, 0) is 4.79 Å². The summed E-state index contributed by atoms with van der Waals surface area (Å²) in [6, 6.07) is -0.639. The predicted molar refractivity (Wildman–Crippen MR) is 317 cm³/mol. The molecular weight excluding hydrogens is 867 g/mol. The first-order valence-corrected chi connectivity index (χ1v) is 31.7. The topological polar surface area (TPSA) is 69.6 Å². The Balaban J connectivity index is 3.41. The average molecular weight is 991 g/mol. The molecule has 0 radical (unpaired) electrons. The second-order valence-electron chi connectivity index (χ2n) is 21.4. The zero-order valence-electron chi connectivity index (χ0n) is 47.7. The van der Waals surface area contributed by atoms with Crippen molar-refractivity contribution in [1.82, 2.24) is 5.32 Å². The predicted octanol–water partition coefficient (Wildman–Crippen LogP) is 21.3. The normalized spacial score (nSPS) is 13.2. The lowest BCUT2D eigenvalue weighted by Crippen LogP contribution is -2.45. The monoisotopic (exact) mass is 990 g/mol. The standard InChI is InChI=1S/C67H123NO3/c1-3-5-7-9-11-13-15-17-19-21-23-24-25-26-27-28-29-30-31-32-33-34-35-36-37-38-39-40-41-42-43-44-45-47-49-51-53-55-57-59-61-63-67(71)68-65(64-69)66(70)62-60-58-56-54-52-50-48-46-22-20-18-16-14-12-10-8-6-4-2/h5,7,11,13,17,19,23-24,52,54,60,62,65-66,69-70H,3-4,6,8-10,12,14-16,18,20-22,25-51,53,55-59,61,63-64H2,1-2H3,(H,68,71)/b7-5-,13-11-,19-17-,24-23-,54-52+,62-60+. The number of aliphatic hydroxyl groups is 2. The minimum absolute atomic E-state index is 0.0687. The molecule has 0 rings (SSSR count). The van der Waals surface area contributed by atoms with Gasteiger partial charge in [-0.3, -0.25) is 4.79 Å². The van der Waals surface area contributed by atoms with E-state index in [2.05, 4.69) is 79.9 Å². The van der Waals surface area contributed by atoms with Crippen molar-refractivity contribution in [3.05, 3.63) is 72.9 Å². The second-order valence-corrected chi connectivity index (χ2v) is 21.4. The van der Waals surface area contributed by atoms with Gasteiger partial charge in [-0.05, 0) is 70.6 Å². The number of amides is 1. The molecule has 2 atom stereocenters. The van der Waals surface area contributed by atoms with Crippen LogP contribution in [0.4, 0.5) is 0 Å². The smallest absolute Gasteiger partial charge is 0.220 e. The van der Waals surface area contributed by atoms with Crippen LogP contribution in [0.2, 0.25) is 0 Å². The molecule has 0 heterocycles. The Labute approximate surface area is 444 Å². The lowest BCUT2D eigenvalue weighted by molar-refractivity contribution is -0.123. The Kier molecular flexibility index (Phi) is 60.2. The SMILES string of the molecule is CC/C=C\C/C=C\C/C=C\C/C=C\CCCCCCCCCCCCCCCCCCCCCCCCCCCCCCC(=O)NC(CO)C(O)/C=C/CC/C=C/CCCCCCCCCCCCCC. The molecule has 3 N–H and O–H groups in total. The lowest BCUT2D eigenvalue weighted by Gasteiger charge is -2.19. The van der Waals surface area contributed by atoms with E-state index in [1.54, 1.807) is 6.08 Å². The highest BCUT2D eigenvalue weighted by molar-refractivity contribution is 5.76. The van der Waals surface area contributed by atoms with E-state index in [1.807, 2.05) is 6.08 Å². The number of hydrogen-bond acceptors (Lipinski definition) is 3. The summed E-state index contributed by atoms with van der Waals surface area (Å²) in [6.45, 7) is 4.21. The Morgan fingerprint density at radius 2 is 0.634 bits per heavy atom. The van der Waals surface area contributed by atoms with Gasteiger partial charge >= 0.3 is 0 Å². The van der Waals surface area contributed by atoms with Gasteiger partial charge in [0.15, 0.2) is 0 Å². The fourth-order valence-corrected chi connectivity index (χ4v) is 9.66. The van der Waals surface area contributed by atoms with Gasteiger partial charge in [0.25, 0.3) is 0 Å². The van der Waals surface area contributed by atoms with Crippen LogP contribution in [0, 0.1) is 0 Å². The van der Waals surface area contributed by atoms with Crippen molar-refractivity contribution < 1.29 is 15.0 Å². The molecule has 0 aliphatic rings. The molecule has 2 unspecified atom stereocenters. The van der Waals surface area contributed by atoms with E-state index in [-0.39, 0.29) is 12.5 Å². The molecule has 1 amide bonds. The maximum atomic E-state index is 12.5. The van der Waals surface area contributed by atoms with Crippen LogP contribution in [0.25, 0.3) is 0 Å². The molecule has 4 heteroatoms. The molecule has 4 nitrogen and oxygen atoms in total. The van der Waals surface area contributed by atoms with E-state index in [0.717, 1.165) is 57.8 Å². The quantitative estimate of drug-likeness (QED) is 0.0420. The summed E-state index contributed by atoms with van der Waals surface area (Å²) >= 11 is 0.